The lowest BCUT2D eigenvalue weighted by Gasteiger charge is -2.26. The Hall–Kier alpha value is -0.990. The minimum absolute atomic E-state index is 0.257. The van der Waals surface area contributed by atoms with Crippen molar-refractivity contribution < 1.29 is 14.6 Å². The normalized spacial score (nSPS) is 36.2. The first-order chi connectivity index (χ1) is 6.11. The number of hydrogen-bond acceptors (Lipinski definition) is 3. The topological polar surface area (TPSA) is 46.5 Å². The molecule has 0 unspecified atom stereocenters. The summed E-state index contributed by atoms with van der Waals surface area (Å²) >= 11 is 0. The zero-order valence-corrected chi connectivity index (χ0v) is 7.58. The Morgan fingerprint density at radius 2 is 2.08 bits per heavy atom. The zero-order chi connectivity index (χ0) is 9.47. The summed E-state index contributed by atoms with van der Waals surface area (Å²) in [5, 5.41) is 8.84. The molecule has 3 nitrogen and oxygen atoms in total. The number of fused-ring (bicyclic) bond motifs is 2. The average molecular weight is 182 g/mol. The van der Waals surface area contributed by atoms with Gasteiger partial charge in [0.25, 0.3) is 0 Å². The number of carbonyl (C=O) groups is 1. The van der Waals surface area contributed by atoms with Gasteiger partial charge in [-0.25, -0.2) is 4.79 Å². The van der Waals surface area contributed by atoms with E-state index in [-0.39, 0.29) is 5.60 Å². The minimum atomic E-state index is -0.650. The van der Waals surface area contributed by atoms with E-state index in [0.29, 0.717) is 0 Å². The molecule has 0 saturated heterocycles. The van der Waals surface area contributed by atoms with Crippen molar-refractivity contribution in [2.75, 3.05) is 0 Å². The maximum absolute atomic E-state index is 11.1. The summed E-state index contributed by atoms with van der Waals surface area (Å²) in [5.41, 5.74) is -0.257. The van der Waals surface area contributed by atoms with Crippen molar-refractivity contribution in [1.82, 2.24) is 0 Å². The first-order valence-corrected chi connectivity index (χ1v) is 4.72. The maximum atomic E-state index is 11.1. The van der Waals surface area contributed by atoms with Gasteiger partial charge in [0.05, 0.1) is 0 Å². The van der Waals surface area contributed by atoms with Crippen LogP contribution in [-0.4, -0.2) is 16.7 Å². The second kappa shape index (κ2) is 2.76. The van der Waals surface area contributed by atoms with Crippen LogP contribution in [0.5, 0.6) is 0 Å². The first-order valence-electron chi connectivity index (χ1n) is 4.72. The SMILES string of the molecule is C=C(O)C(=O)OC12CCC(CC1)C2. The highest BCUT2D eigenvalue weighted by Gasteiger charge is 2.47. The van der Waals surface area contributed by atoms with Crippen molar-refractivity contribution in [2.45, 2.75) is 37.7 Å². The van der Waals surface area contributed by atoms with Crippen LogP contribution in [0.4, 0.5) is 0 Å². The van der Waals surface area contributed by atoms with Crippen molar-refractivity contribution in [3.8, 4) is 0 Å². The first kappa shape index (κ1) is 8.60. The van der Waals surface area contributed by atoms with E-state index in [2.05, 4.69) is 6.58 Å². The number of esters is 1. The molecular weight excluding hydrogens is 168 g/mol. The van der Waals surface area contributed by atoms with E-state index < -0.39 is 11.7 Å². The van der Waals surface area contributed by atoms with Gasteiger partial charge in [0, 0.05) is 0 Å². The highest BCUT2D eigenvalue weighted by atomic mass is 16.6. The molecule has 2 bridgehead atoms. The number of rotatable bonds is 2. The van der Waals surface area contributed by atoms with Crippen molar-refractivity contribution in [3.05, 3.63) is 12.3 Å². The summed E-state index contributed by atoms with van der Waals surface area (Å²) in [6.45, 7) is 3.16. The molecule has 13 heavy (non-hydrogen) atoms. The molecule has 3 heteroatoms. The molecule has 0 aromatic rings. The molecule has 0 amide bonds. The Labute approximate surface area is 77.4 Å². The number of ether oxygens (including phenoxy) is 1. The highest BCUT2D eigenvalue weighted by molar-refractivity contribution is 5.85. The molecule has 2 fully saturated rings. The molecule has 0 heterocycles. The van der Waals surface area contributed by atoms with Crippen molar-refractivity contribution in [1.29, 1.82) is 0 Å². The monoisotopic (exact) mass is 182 g/mol. The second-order valence-corrected chi connectivity index (χ2v) is 4.17. The summed E-state index contributed by atoms with van der Waals surface area (Å²) in [5.74, 6) is -0.396. The fourth-order valence-corrected chi connectivity index (χ4v) is 2.54. The summed E-state index contributed by atoms with van der Waals surface area (Å²) in [6, 6.07) is 0. The third-order valence-electron chi connectivity index (χ3n) is 3.22. The molecule has 2 aliphatic carbocycles. The third-order valence-corrected chi connectivity index (χ3v) is 3.22. The largest absolute Gasteiger partial charge is 0.502 e. The summed E-state index contributed by atoms with van der Waals surface area (Å²) in [6.07, 6.45) is 5.20. The smallest absolute Gasteiger partial charge is 0.373 e. The number of aliphatic hydroxyl groups is 1. The second-order valence-electron chi connectivity index (χ2n) is 4.17. The van der Waals surface area contributed by atoms with Crippen LogP contribution in [0, 0.1) is 5.92 Å². The lowest BCUT2D eigenvalue weighted by atomic mass is 9.97. The van der Waals surface area contributed by atoms with Gasteiger partial charge in [0.1, 0.15) is 5.60 Å². The van der Waals surface area contributed by atoms with E-state index in [4.69, 9.17) is 9.84 Å². The quantitative estimate of drug-likeness (QED) is 0.403. The van der Waals surface area contributed by atoms with Crippen LogP contribution in [0.15, 0.2) is 12.3 Å². The molecule has 0 radical (unpaired) electrons. The number of hydrogen-bond donors (Lipinski definition) is 1. The molecular formula is C10H14O3. The van der Waals surface area contributed by atoms with E-state index in [0.717, 1.165) is 38.0 Å². The van der Waals surface area contributed by atoms with E-state index in [1.807, 2.05) is 0 Å². The van der Waals surface area contributed by atoms with Crippen LogP contribution < -0.4 is 0 Å². The fraction of sp³-hybridized carbons (Fsp3) is 0.700. The minimum Gasteiger partial charge on any atom is -0.502 e. The lowest BCUT2D eigenvalue weighted by Crippen LogP contribution is -2.30. The van der Waals surface area contributed by atoms with Gasteiger partial charge < -0.3 is 9.84 Å². The molecule has 0 spiro atoms. The summed E-state index contributed by atoms with van der Waals surface area (Å²) < 4.78 is 5.26. The summed E-state index contributed by atoms with van der Waals surface area (Å²) in [4.78, 5) is 11.1. The third kappa shape index (κ3) is 1.43. The van der Waals surface area contributed by atoms with Gasteiger partial charge in [-0.15, -0.1) is 0 Å². The Bertz CT molecular complexity index is 249. The van der Waals surface area contributed by atoms with Gasteiger partial charge in [-0.05, 0) is 44.6 Å². The Balaban J connectivity index is 2.01. The maximum Gasteiger partial charge on any atom is 0.373 e. The fourth-order valence-electron chi connectivity index (χ4n) is 2.54. The van der Waals surface area contributed by atoms with Gasteiger partial charge in [-0.2, -0.15) is 0 Å². The van der Waals surface area contributed by atoms with Crippen LogP contribution in [0.2, 0.25) is 0 Å². The zero-order valence-electron chi connectivity index (χ0n) is 7.58. The Kier molecular flexibility index (Phi) is 1.82. The standard InChI is InChI=1S/C10H14O3/c1-7(11)9(12)13-10-4-2-8(6-10)3-5-10/h8,11H,1-6H2. The molecule has 0 aromatic carbocycles. The average Bonchev–Trinajstić information content (AvgIpc) is 2.62. The molecule has 2 rings (SSSR count). The van der Waals surface area contributed by atoms with Gasteiger partial charge in [-0.1, -0.05) is 0 Å². The van der Waals surface area contributed by atoms with Crippen LogP contribution in [-0.2, 0) is 9.53 Å². The van der Waals surface area contributed by atoms with Gasteiger partial charge in [0.2, 0.25) is 0 Å². The number of carbonyl (C=O) groups excluding carboxylic acids is 1. The van der Waals surface area contributed by atoms with Crippen LogP contribution in [0.3, 0.4) is 0 Å². The van der Waals surface area contributed by atoms with E-state index in [9.17, 15) is 4.79 Å². The summed E-state index contributed by atoms with van der Waals surface area (Å²) in [7, 11) is 0. The van der Waals surface area contributed by atoms with Crippen molar-refractivity contribution >= 4 is 5.97 Å². The molecule has 2 saturated carbocycles. The van der Waals surface area contributed by atoms with Crippen LogP contribution in [0.25, 0.3) is 0 Å². The lowest BCUT2D eigenvalue weighted by molar-refractivity contribution is -0.157. The van der Waals surface area contributed by atoms with E-state index >= 15 is 0 Å². The van der Waals surface area contributed by atoms with E-state index in [1.165, 1.54) is 0 Å². The van der Waals surface area contributed by atoms with Crippen LogP contribution in [0.1, 0.15) is 32.1 Å². The Morgan fingerprint density at radius 3 is 2.46 bits per heavy atom. The molecule has 0 atom stereocenters. The molecule has 72 valence electrons. The van der Waals surface area contributed by atoms with E-state index in [1.54, 1.807) is 0 Å². The predicted octanol–water partition coefficient (Wildman–Crippen LogP) is 1.93. The highest BCUT2D eigenvalue weighted by Crippen LogP contribution is 2.50. The number of aliphatic hydroxyl groups excluding tert-OH is 1. The van der Waals surface area contributed by atoms with Crippen molar-refractivity contribution in [2.24, 2.45) is 5.92 Å². The molecule has 2 aliphatic rings. The van der Waals surface area contributed by atoms with Crippen LogP contribution >= 0.6 is 0 Å². The van der Waals surface area contributed by atoms with Gasteiger partial charge in [0.15, 0.2) is 5.76 Å². The molecule has 1 N–H and O–H groups in total. The molecule has 0 aliphatic heterocycles. The Morgan fingerprint density at radius 1 is 1.46 bits per heavy atom. The van der Waals surface area contributed by atoms with Gasteiger partial charge in [-0.3, -0.25) is 0 Å². The van der Waals surface area contributed by atoms with Gasteiger partial charge >= 0.3 is 5.97 Å². The molecule has 0 aromatic heterocycles. The predicted molar refractivity (Wildman–Crippen MR) is 47.2 cm³/mol. The van der Waals surface area contributed by atoms with Crippen molar-refractivity contribution in [3.63, 3.8) is 0 Å².